The largest absolute Gasteiger partial charge is 0.507 e. The van der Waals surface area contributed by atoms with E-state index in [0.29, 0.717) is 47.3 Å². The average Bonchev–Trinajstić information content (AvgIpc) is 3.06. The smallest absolute Gasteiger partial charge is 0.295 e. The second kappa shape index (κ2) is 10.7. The molecule has 2 aromatic carbocycles. The van der Waals surface area contributed by atoms with Gasteiger partial charge in [-0.2, -0.15) is 0 Å². The number of hydrogen-bond acceptors (Lipinski definition) is 6. The van der Waals surface area contributed by atoms with Crippen molar-refractivity contribution in [1.29, 1.82) is 0 Å². The molecule has 7 nitrogen and oxygen atoms in total. The lowest BCUT2D eigenvalue weighted by molar-refractivity contribution is -0.140. The van der Waals surface area contributed by atoms with Gasteiger partial charge in [-0.15, -0.1) is 0 Å². The number of benzene rings is 2. The van der Waals surface area contributed by atoms with E-state index in [0.717, 1.165) is 6.42 Å². The number of Topliss-reactive ketones (excluding diaryl/α,β-unsaturated/α-hetero) is 1. The molecule has 8 heteroatoms. The first-order valence-electron chi connectivity index (χ1n) is 10.8. The van der Waals surface area contributed by atoms with Gasteiger partial charge in [0.05, 0.1) is 25.3 Å². The molecule has 0 spiro atoms. The summed E-state index contributed by atoms with van der Waals surface area (Å²) < 4.78 is 11.3. The van der Waals surface area contributed by atoms with E-state index in [4.69, 9.17) is 21.1 Å². The molecule has 1 aliphatic rings. The summed E-state index contributed by atoms with van der Waals surface area (Å²) in [5, 5.41) is 11.6. The summed E-state index contributed by atoms with van der Waals surface area (Å²) in [5.74, 6) is -0.552. The lowest BCUT2D eigenvalue weighted by Gasteiger charge is -2.27. The highest BCUT2D eigenvalue weighted by Crippen LogP contribution is 2.42. The van der Waals surface area contributed by atoms with Crippen molar-refractivity contribution in [2.75, 3.05) is 40.9 Å². The maximum Gasteiger partial charge on any atom is 0.295 e. The molecule has 3 rings (SSSR count). The van der Waals surface area contributed by atoms with Gasteiger partial charge in [0.1, 0.15) is 5.76 Å². The highest BCUT2D eigenvalue weighted by Gasteiger charge is 2.46. The summed E-state index contributed by atoms with van der Waals surface area (Å²) in [6, 6.07) is 11.0. The van der Waals surface area contributed by atoms with E-state index in [1.165, 1.54) is 12.0 Å². The first-order chi connectivity index (χ1) is 15.8. The number of carbonyl (C=O) groups is 2. The van der Waals surface area contributed by atoms with Crippen LogP contribution in [0.1, 0.15) is 30.5 Å². The van der Waals surface area contributed by atoms with Crippen molar-refractivity contribution in [3.8, 4) is 11.5 Å². The average molecular weight is 473 g/mol. The number of nitrogens with zero attached hydrogens (tertiary/aromatic N) is 2. The lowest BCUT2D eigenvalue weighted by Crippen LogP contribution is -2.35. The number of amides is 1. The van der Waals surface area contributed by atoms with Crippen molar-refractivity contribution in [3.05, 3.63) is 64.2 Å². The van der Waals surface area contributed by atoms with Gasteiger partial charge < -0.3 is 24.4 Å². The van der Waals surface area contributed by atoms with Crippen LogP contribution in [0.3, 0.4) is 0 Å². The summed E-state index contributed by atoms with van der Waals surface area (Å²) >= 11 is 5.97. The zero-order valence-electron chi connectivity index (χ0n) is 19.3. The lowest BCUT2D eigenvalue weighted by atomic mass is 9.95. The van der Waals surface area contributed by atoms with Crippen molar-refractivity contribution in [3.63, 3.8) is 0 Å². The van der Waals surface area contributed by atoms with Crippen molar-refractivity contribution in [2.45, 2.75) is 19.4 Å². The number of aliphatic hydroxyl groups excluding tert-OH is 1. The molecule has 1 heterocycles. The van der Waals surface area contributed by atoms with E-state index in [2.05, 4.69) is 0 Å². The standard InChI is InChI=1S/C25H29ClN2O5/c1-5-14-33-19-11-8-17(15-20(19)32-4)22-21(23(29)16-6-9-18(26)10-7-16)24(30)25(31)28(22)13-12-27(2)3/h6-11,15,22,29H,5,12-14H2,1-4H3/b23-21+/t22-/m1/s1. The molecular formula is C25H29ClN2O5. The molecule has 0 aliphatic carbocycles. The Labute approximate surface area is 199 Å². The number of methoxy groups -OCH3 is 1. The Morgan fingerprint density at radius 1 is 1.12 bits per heavy atom. The van der Waals surface area contributed by atoms with Gasteiger partial charge in [0, 0.05) is 23.7 Å². The summed E-state index contributed by atoms with van der Waals surface area (Å²) in [4.78, 5) is 29.5. The quantitative estimate of drug-likeness (QED) is 0.336. The third-order valence-corrected chi connectivity index (χ3v) is 5.66. The predicted molar refractivity (Wildman–Crippen MR) is 128 cm³/mol. The van der Waals surface area contributed by atoms with Gasteiger partial charge in [-0.3, -0.25) is 9.59 Å². The van der Waals surface area contributed by atoms with Gasteiger partial charge in [-0.05, 0) is 62.5 Å². The van der Waals surface area contributed by atoms with E-state index in [9.17, 15) is 14.7 Å². The second-order valence-corrected chi connectivity index (χ2v) is 8.50. The Bertz CT molecular complexity index is 1050. The van der Waals surface area contributed by atoms with Crippen LogP contribution in [0.15, 0.2) is 48.0 Å². The van der Waals surface area contributed by atoms with Crippen LogP contribution in [0.25, 0.3) is 5.76 Å². The number of aliphatic hydroxyl groups is 1. The summed E-state index contributed by atoms with van der Waals surface area (Å²) in [5.41, 5.74) is 1.08. The third kappa shape index (κ3) is 5.31. The Kier molecular flexibility index (Phi) is 8.00. The van der Waals surface area contributed by atoms with Crippen molar-refractivity contribution < 1.29 is 24.2 Å². The highest BCUT2D eigenvalue weighted by molar-refractivity contribution is 6.46. The van der Waals surface area contributed by atoms with Crippen LogP contribution in [0.2, 0.25) is 5.02 Å². The maximum absolute atomic E-state index is 13.1. The molecule has 0 aromatic heterocycles. The topological polar surface area (TPSA) is 79.3 Å². The fourth-order valence-electron chi connectivity index (χ4n) is 3.71. The summed E-state index contributed by atoms with van der Waals surface area (Å²) in [6.45, 7) is 3.42. The SMILES string of the molecule is CCCOc1ccc([C@@H]2/C(=C(\O)c3ccc(Cl)cc3)C(=O)C(=O)N2CCN(C)C)cc1OC. The molecule has 1 amide bonds. The number of halogens is 1. The number of carbonyl (C=O) groups excluding carboxylic acids is 2. The Morgan fingerprint density at radius 3 is 2.42 bits per heavy atom. The molecule has 176 valence electrons. The van der Waals surface area contributed by atoms with E-state index >= 15 is 0 Å². The van der Waals surface area contributed by atoms with Crippen LogP contribution in [0.4, 0.5) is 0 Å². The van der Waals surface area contributed by atoms with E-state index in [-0.39, 0.29) is 11.3 Å². The van der Waals surface area contributed by atoms with Gasteiger partial charge in [0.2, 0.25) is 0 Å². The van der Waals surface area contributed by atoms with Crippen molar-refractivity contribution >= 4 is 29.1 Å². The first-order valence-corrected chi connectivity index (χ1v) is 11.2. The molecule has 0 bridgehead atoms. The molecular weight excluding hydrogens is 444 g/mol. The highest BCUT2D eigenvalue weighted by atomic mass is 35.5. The molecule has 0 saturated carbocycles. The van der Waals surface area contributed by atoms with Crippen LogP contribution >= 0.6 is 11.6 Å². The minimum atomic E-state index is -0.769. The summed E-state index contributed by atoms with van der Waals surface area (Å²) in [6.07, 6.45) is 0.844. The fourth-order valence-corrected chi connectivity index (χ4v) is 3.84. The molecule has 0 unspecified atom stereocenters. The number of likely N-dealkylation sites (N-methyl/N-ethyl adjacent to an activating group) is 1. The molecule has 1 saturated heterocycles. The predicted octanol–water partition coefficient (Wildman–Crippen LogP) is 4.12. The molecule has 1 aliphatic heterocycles. The third-order valence-electron chi connectivity index (χ3n) is 5.41. The van der Waals surface area contributed by atoms with Gasteiger partial charge in [0.15, 0.2) is 11.5 Å². The van der Waals surface area contributed by atoms with Crippen molar-refractivity contribution in [2.24, 2.45) is 0 Å². The molecule has 1 atom stereocenters. The van der Waals surface area contributed by atoms with Crippen LogP contribution in [0, 0.1) is 0 Å². The zero-order chi connectivity index (χ0) is 24.1. The molecule has 1 fully saturated rings. The fraction of sp³-hybridized carbons (Fsp3) is 0.360. The van der Waals surface area contributed by atoms with Gasteiger partial charge >= 0.3 is 0 Å². The molecule has 0 radical (unpaired) electrons. The maximum atomic E-state index is 13.1. The van der Waals surface area contributed by atoms with Crippen LogP contribution in [-0.2, 0) is 9.59 Å². The monoisotopic (exact) mass is 472 g/mol. The Hall–Kier alpha value is -3.03. The van der Waals surface area contributed by atoms with Gasteiger partial charge in [-0.1, -0.05) is 24.6 Å². The Balaban J connectivity index is 2.14. The van der Waals surface area contributed by atoms with Crippen LogP contribution in [0.5, 0.6) is 11.5 Å². The van der Waals surface area contributed by atoms with Gasteiger partial charge in [-0.25, -0.2) is 0 Å². The number of rotatable bonds is 9. The number of likely N-dealkylation sites (tertiary alicyclic amines) is 1. The molecule has 2 aromatic rings. The van der Waals surface area contributed by atoms with E-state index in [1.807, 2.05) is 25.9 Å². The molecule has 33 heavy (non-hydrogen) atoms. The Morgan fingerprint density at radius 2 is 1.82 bits per heavy atom. The normalized spacial score (nSPS) is 17.6. The number of ether oxygens (including phenoxy) is 2. The number of hydrogen-bond donors (Lipinski definition) is 1. The van der Waals surface area contributed by atoms with Crippen LogP contribution < -0.4 is 9.47 Å². The number of ketones is 1. The van der Waals surface area contributed by atoms with Crippen LogP contribution in [-0.4, -0.2) is 67.5 Å². The second-order valence-electron chi connectivity index (χ2n) is 8.06. The minimum absolute atomic E-state index is 0.0327. The van der Waals surface area contributed by atoms with Crippen molar-refractivity contribution in [1.82, 2.24) is 9.80 Å². The van der Waals surface area contributed by atoms with Gasteiger partial charge in [0.25, 0.3) is 11.7 Å². The minimum Gasteiger partial charge on any atom is -0.507 e. The summed E-state index contributed by atoms with van der Waals surface area (Å²) in [7, 11) is 5.32. The first kappa shape index (κ1) is 24.6. The van der Waals surface area contributed by atoms with E-state index < -0.39 is 17.7 Å². The van der Waals surface area contributed by atoms with E-state index in [1.54, 1.807) is 42.5 Å². The zero-order valence-corrected chi connectivity index (χ0v) is 20.1. The molecule has 1 N–H and O–H groups in total.